The molecule has 218 valence electrons. The van der Waals surface area contributed by atoms with Crippen molar-refractivity contribution in [2.45, 2.75) is 19.3 Å². The van der Waals surface area contributed by atoms with Gasteiger partial charge in [-0.05, 0) is 45.8 Å². The first-order valence-electron chi connectivity index (χ1n) is 15.5. The highest BCUT2D eigenvalue weighted by molar-refractivity contribution is 6.18. The van der Waals surface area contributed by atoms with Crippen molar-refractivity contribution in [2.75, 3.05) is 0 Å². The van der Waals surface area contributed by atoms with Crippen molar-refractivity contribution in [1.82, 2.24) is 19.9 Å². The summed E-state index contributed by atoms with van der Waals surface area (Å²) in [7, 11) is 0. The Morgan fingerprint density at radius 2 is 1.07 bits per heavy atom. The van der Waals surface area contributed by atoms with Gasteiger partial charge in [0.2, 0.25) is 5.89 Å². The Morgan fingerprint density at radius 3 is 1.72 bits per heavy atom. The summed E-state index contributed by atoms with van der Waals surface area (Å²) >= 11 is 0. The standard InChI is InChI=1S/C41H28N4O/c1-41(2)31-21-13-12-20-29(31)34-32(41)23-22-28-30(24-33-36(35(28)34)46-40(42-33)27-18-10-5-11-19-27)39-44-37(25-14-6-3-7-15-25)43-38(45-39)26-16-8-4-9-17-26/h3-24H,1-2H3. The minimum Gasteiger partial charge on any atom is -0.435 e. The molecular weight excluding hydrogens is 564 g/mol. The third-order valence-corrected chi connectivity index (χ3v) is 9.16. The zero-order chi connectivity index (χ0) is 30.8. The van der Waals surface area contributed by atoms with E-state index in [0.717, 1.165) is 44.1 Å². The van der Waals surface area contributed by atoms with Crippen LogP contribution in [-0.2, 0) is 5.41 Å². The smallest absolute Gasteiger partial charge is 0.227 e. The first-order chi connectivity index (χ1) is 22.6. The van der Waals surface area contributed by atoms with Gasteiger partial charge in [-0.2, -0.15) is 0 Å². The fourth-order valence-electron chi connectivity index (χ4n) is 6.90. The number of benzene rings is 6. The zero-order valence-electron chi connectivity index (χ0n) is 25.4. The van der Waals surface area contributed by atoms with Crippen LogP contribution < -0.4 is 0 Å². The molecule has 6 aromatic carbocycles. The SMILES string of the molecule is CC1(C)c2ccccc2-c2c1ccc1c(-c3nc(-c4ccccc4)nc(-c4ccccc4)n3)cc3nc(-c4ccccc4)oc3c21. The van der Waals surface area contributed by atoms with Crippen LogP contribution in [0.25, 0.3) is 78.6 Å². The van der Waals surface area contributed by atoms with Gasteiger partial charge in [0, 0.05) is 33.1 Å². The summed E-state index contributed by atoms with van der Waals surface area (Å²) in [5.74, 6) is 2.42. The molecule has 5 heteroatoms. The third-order valence-electron chi connectivity index (χ3n) is 9.16. The highest BCUT2D eigenvalue weighted by Crippen LogP contribution is 2.53. The second-order valence-electron chi connectivity index (χ2n) is 12.3. The molecule has 0 bridgehead atoms. The molecule has 9 rings (SSSR count). The maximum atomic E-state index is 6.69. The average molecular weight is 593 g/mol. The predicted molar refractivity (Wildman–Crippen MR) is 184 cm³/mol. The molecule has 2 heterocycles. The molecule has 46 heavy (non-hydrogen) atoms. The van der Waals surface area contributed by atoms with E-state index in [2.05, 4.69) is 56.3 Å². The molecule has 0 N–H and O–H groups in total. The van der Waals surface area contributed by atoms with Crippen LogP contribution in [0.1, 0.15) is 25.0 Å². The van der Waals surface area contributed by atoms with Gasteiger partial charge in [-0.25, -0.2) is 19.9 Å². The minimum atomic E-state index is -0.168. The number of hydrogen-bond acceptors (Lipinski definition) is 5. The first-order valence-corrected chi connectivity index (χ1v) is 15.5. The summed E-state index contributed by atoms with van der Waals surface area (Å²) in [5.41, 5.74) is 10.0. The lowest BCUT2D eigenvalue weighted by Crippen LogP contribution is -2.14. The van der Waals surface area contributed by atoms with Crippen LogP contribution >= 0.6 is 0 Å². The second-order valence-corrected chi connectivity index (χ2v) is 12.3. The number of hydrogen-bond donors (Lipinski definition) is 0. The van der Waals surface area contributed by atoms with Crippen molar-refractivity contribution >= 4 is 21.9 Å². The summed E-state index contributed by atoms with van der Waals surface area (Å²) in [6.07, 6.45) is 0. The van der Waals surface area contributed by atoms with Gasteiger partial charge in [-0.15, -0.1) is 0 Å². The fraction of sp³-hybridized carbons (Fsp3) is 0.0732. The molecule has 1 aliphatic rings. The van der Waals surface area contributed by atoms with Crippen molar-refractivity contribution < 1.29 is 4.42 Å². The molecule has 5 nitrogen and oxygen atoms in total. The summed E-state index contributed by atoms with van der Waals surface area (Å²) < 4.78 is 6.69. The fourth-order valence-corrected chi connectivity index (χ4v) is 6.90. The van der Waals surface area contributed by atoms with Crippen LogP contribution in [-0.4, -0.2) is 19.9 Å². The van der Waals surface area contributed by atoms with Gasteiger partial charge < -0.3 is 4.42 Å². The van der Waals surface area contributed by atoms with Crippen molar-refractivity contribution in [1.29, 1.82) is 0 Å². The number of aromatic nitrogens is 4. The Labute approximate surface area is 266 Å². The van der Waals surface area contributed by atoms with E-state index in [1.165, 1.54) is 22.3 Å². The monoisotopic (exact) mass is 592 g/mol. The van der Waals surface area contributed by atoms with Crippen LogP contribution in [0.5, 0.6) is 0 Å². The molecule has 0 radical (unpaired) electrons. The van der Waals surface area contributed by atoms with Gasteiger partial charge in [-0.1, -0.05) is 129 Å². The molecule has 0 fully saturated rings. The van der Waals surface area contributed by atoms with E-state index in [9.17, 15) is 0 Å². The van der Waals surface area contributed by atoms with E-state index in [1.807, 2.05) is 91.0 Å². The Hall–Kier alpha value is -5.94. The van der Waals surface area contributed by atoms with E-state index in [-0.39, 0.29) is 5.41 Å². The average Bonchev–Trinajstić information content (AvgIpc) is 3.65. The van der Waals surface area contributed by atoms with Crippen molar-refractivity contribution in [3.8, 4) is 56.7 Å². The van der Waals surface area contributed by atoms with Gasteiger partial charge >= 0.3 is 0 Å². The van der Waals surface area contributed by atoms with Gasteiger partial charge in [-0.3, -0.25) is 0 Å². The maximum absolute atomic E-state index is 6.69. The van der Waals surface area contributed by atoms with E-state index < -0.39 is 0 Å². The van der Waals surface area contributed by atoms with Crippen LogP contribution in [0, 0.1) is 0 Å². The molecule has 8 aromatic rings. The van der Waals surface area contributed by atoms with Crippen LogP contribution in [0.2, 0.25) is 0 Å². The van der Waals surface area contributed by atoms with E-state index >= 15 is 0 Å². The maximum Gasteiger partial charge on any atom is 0.227 e. The number of nitrogens with zero attached hydrogens (tertiary/aromatic N) is 4. The Balaban J connectivity index is 1.40. The van der Waals surface area contributed by atoms with E-state index in [1.54, 1.807) is 0 Å². The van der Waals surface area contributed by atoms with Crippen LogP contribution in [0.15, 0.2) is 138 Å². The Morgan fingerprint density at radius 1 is 0.500 bits per heavy atom. The lowest BCUT2D eigenvalue weighted by molar-refractivity contribution is 0.623. The molecule has 1 aliphatic carbocycles. The van der Waals surface area contributed by atoms with Crippen LogP contribution in [0.4, 0.5) is 0 Å². The zero-order valence-corrected chi connectivity index (χ0v) is 25.4. The molecule has 0 saturated carbocycles. The predicted octanol–water partition coefficient (Wildman–Crippen LogP) is 10.1. The summed E-state index contributed by atoms with van der Waals surface area (Å²) in [4.78, 5) is 20.2. The molecule has 0 unspecified atom stereocenters. The number of fused-ring (bicyclic) bond motifs is 7. The molecule has 2 aromatic heterocycles. The largest absolute Gasteiger partial charge is 0.435 e. The summed E-state index contributed by atoms with van der Waals surface area (Å²) in [6, 6.07) is 45.5. The molecular formula is C41H28N4O. The van der Waals surface area contributed by atoms with E-state index in [0.29, 0.717) is 23.4 Å². The third kappa shape index (κ3) is 4.02. The number of oxazole rings is 1. The lowest BCUT2D eigenvalue weighted by atomic mass is 9.82. The molecule has 0 atom stereocenters. The van der Waals surface area contributed by atoms with Crippen molar-refractivity contribution in [3.05, 3.63) is 145 Å². The Bertz CT molecular complexity index is 2370. The van der Waals surface area contributed by atoms with E-state index in [4.69, 9.17) is 24.4 Å². The van der Waals surface area contributed by atoms with Crippen molar-refractivity contribution in [2.24, 2.45) is 0 Å². The number of rotatable bonds is 4. The first kappa shape index (κ1) is 26.5. The molecule has 0 amide bonds. The topological polar surface area (TPSA) is 64.7 Å². The van der Waals surface area contributed by atoms with Crippen molar-refractivity contribution in [3.63, 3.8) is 0 Å². The lowest BCUT2D eigenvalue weighted by Gasteiger charge is -2.21. The van der Waals surface area contributed by atoms with Gasteiger partial charge in [0.15, 0.2) is 23.1 Å². The molecule has 0 saturated heterocycles. The highest BCUT2D eigenvalue weighted by Gasteiger charge is 2.37. The normalized spacial score (nSPS) is 13.2. The Kier molecular flexibility index (Phi) is 5.78. The molecule has 0 spiro atoms. The highest BCUT2D eigenvalue weighted by atomic mass is 16.3. The summed E-state index contributed by atoms with van der Waals surface area (Å²) in [5, 5.41) is 2.04. The quantitative estimate of drug-likeness (QED) is 0.203. The molecule has 0 aliphatic heterocycles. The minimum absolute atomic E-state index is 0.168. The van der Waals surface area contributed by atoms with Crippen LogP contribution in [0.3, 0.4) is 0 Å². The van der Waals surface area contributed by atoms with Gasteiger partial charge in [0.05, 0.1) is 0 Å². The summed E-state index contributed by atoms with van der Waals surface area (Å²) in [6.45, 7) is 4.59. The second kappa shape index (κ2) is 10.0. The van der Waals surface area contributed by atoms with Gasteiger partial charge in [0.1, 0.15) is 5.52 Å². The van der Waals surface area contributed by atoms with Gasteiger partial charge in [0.25, 0.3) is 0 Å².